The molecule has 0 bridgehead atoms. The monoisotopic (exact) mass is 2080 g/mol. The van der Waals surface area contributed by atoms with Crippen LogP contribution in [0.1, 0.15) is 92.1 Å². The summed E-state index contributed by atoms with van der Waals surface area (Å²) in [4.78, 5) is 92.9. The number of carbonyl (C=O) groups excluding carboxylic acids is 4. The number of pyridine rings is 3. The van der Waals surface area contributed by atoms with Gasteiger partial charge >= 0.3 is 6.09 Å². The molecule has 0 saturated carbocycles. The van der Waals surface area contributed by atoms with Gasteiger partial charge in [-0.05, 0) is 260 Å². The molecule has 0 radical (unpaired) electrons. The van der Waals surface area contributed by atoms with Gasteiger partial charge in [0.1, 0.15) is 109 Å². The molecular formula is C91H90F3I3N12O16S. The Morgan fingerprint density at radius 3 is 1.04 bits per heavy atom. The predicted octanol–water partition coefficient (Wildman–Crippen LogP) is 18.4. The third-order valence-corrected chi connectivity index (χ3v) is 22.4. The minimum absolute atomic E-state index is 0.00227. The van der Waals surface area contributed by atoms with Crippen molar-refractivity contribution in [2.75, 3.05) is 58.8 Å². The Bertz CT molecular complexity index is 6380. The van der Waals surface area contributed by atoms with Crippen LogP contribution < -0.4 is 92.8 Å². The Balaban J connectivity index is 0.000000198. The zero-order chi connectivity index (χ0) is 91.6. The molecule has 3 heterocycles. The van der Waals surface area contributed by atoms with Crippen molar-refractivity contribution in [2.24, 2.45) is 21.1 Å². The fourth-order valence-corrected chi connectivity index (χ4v) is 14.1. The van der Waals surface area contributed by atoms with Crippen LogP contribution >= 0.6 is 67.8 Å². The van der Waals surface area contributed by atoms with Gasteiger partial charge < -0.3 is 70.8 Å². The lowest BCUT2D eigenvalue weighted by Gasteiger charge is -2.22. The topological polar surface area (TPSA) is 355 Å². The minimum Gasteiger partial charge on any atom is -0.497 e. The maximum atomic E-state index is 14.9. The second-order valence-corrected chi connectivity index (χ2v) is 34.7. The highest BCUT2D eigenvalue weighted by molar-refractivity contribution is 14.1. The van der Waals surface area contributed by atoms with E-state index in [0.717, 1.165) is 22.8 Å². The molecule has 126 heavy (non-hydrogen) atoms. The Labute approximate surface area is 765 Å². The van der Waals surface area contributed by atoms with Gasteiger partial charge in [-0.1, -0.05) is 54.6 Å². The van der Waals surface area contributed by atoms with Crippen molar-refractivity contribution in [3.8, 4) is 51.7 Å². The second kappa shape index (κ2) is 42.8. The van der Waals surface area contributed by atoms with Gasteiger partial charge in [-0.2, -0.15) is 0 Å². The van der Waals surface area contributed by atoms with Gasteiger partial charge in [0.25, 0.3) is 34.4 Å². The number of aromatic nitrogens is 3. The Morgan fingerprint density at radius 2 is 0.730 bits per heavy atom. The molecule has 10 N–H and O–H groups in total. The van der Waals surface area contributed by atoms with E-state index in [4.69, 9.17) is 38.9 Å². The second-order valence-electron chi connectivity index (χ2n) is 29.0. The van der Waals surface area contributed by atoms with E-state index < -0.39 is 73.6 Å². The molecule has 12 rings (SSSR count). The molecule has 0 unspecified atom stereocenters. The minimum atomic E-state index is -3.58. The summed E-state index contributed by atoms with van der Waals surface area (Å²) < 4.78 is 117. The average Bonchev–Trinajstić information content (AvgIpc) is 0.783. The number of nitrogens with zero attached hydrogens (tertiary/aromatic N) is 3. The Morgan fingerprint density at radius 1 is 0.421 bits per heavy atom. The molecule has 0 aliphatic rings. The number of nitrogen functional groups attached to an aromatic ring is 1. The summed E-state index contributed by atoms with van der Waals surface area (Å²) in [5.41, 5.74) is 9.18. The molecular weight excluding hydrogens is 1990 g/mol. The largest absolute Gasteiger partial charge is 0.497 e. The maximum Gasteiger partial charge on any atom is 0.412 e. The van der Waals surface area contributed by atoms with Crippen LogP contribution in [0.5, 0.6) is 51.7 Å². The molecule has 0 fully saturated rings. The van der Waals surface area contributed by atoms with Crippen LogP contribution in [0.3, 0.4) is 0 Å². The van der Waals surface area contributed by atoms with E-state index in [-0.39, 0.29) is 111 Å². The highest BCUT2D eigenvalue weighted by Gasteiger charge is 2.30. The van der Waals surface area contributed by atoms with E-state index in [1.165, 1.54) is 90.3 Å². The summed E-state index contributed by atoms with van der Waals surface area (Å²) in [6.45, 7) is 12.4. The number of benzene rings is 9. The number of ether oxygens (including phenoxy) is 7. The number of nitrogens with two attached hydrogens (primary N) is 1. The van der Waals surface area contributed by atoms with Gasteiger partial charge in [-0.15, -0.1) is 0 Å². The summed E-state index contributed by atoms with van der Waals surface area (Å²) in [5.74, 6) is -0.729. The van der Waals surface area contributed by atoms with E-state index in [0.29, 0.717) is 61.8 Å². The zero-order valence-corrected chi connectivity index (χ0v) is 77.8. The lowest BCUT2D eigenvalue weighted by atomic mass is 10.1. The van der Waals surface area contributed by atoms with Gasteiger partial charge in [0.05, 0.1) is 55.5 Å². The smallest absolute Gasteiger partial charge is 0.412 e. The number of hydrogen-bond acceptors (Lipinski definition) is 20. The van der Waals surface area contributed by atoms with E-state index in [1.807, 2.05) is 92.0 Å². The molecule has 0 spiro atoms. The first kappa shape index (κ1) is 95.5. The van der Waals surface area contributed by atoms with Crippen molar-refractivity contribution in [3.05, 3.63) is 309 Å². The van der Waals surface area contributed by atoms with Crippen molar-refractivity contribution in [1.29, 1.82) is 0 Å². The Hall–Kier alpha value is -12.8. The average molecular weight is 2080 g/mol. The third-order valence-electron chi connectivity index (χ3n) is 19.1. The van der Waals surface area contributed by atoms with E-state index in [1.54, 1.807) is 184 Å². The molecule has 0 atom stereocenters. The van der Waals surface area contributed by atoms with Crippen LogP contribution in [0, 0.1) is 48.9 Å². The molecule has 28 nitrogen and oxygen atoms in total. The van der Waals surface area contributed by atoms with E-state index in [2.05, 4.69) is 41.9 Å². The number of carbonyl (C=O) groups is 4. The lowest BCUT2D eigenvalue weighted by Crippen LogP contribution is -2.29. The first-order valence-electron chi connectivity index (χ1n) is 38.6. The van der Waals surface area contributed by atoms with Crippen LogP contribution in [-0.4, -0.2) is 78.6 Å². The fourth-order valence-electron chi connectivity index (χ4n) is 12.0. The highest BCUT2D eigenvalue weighted by atomic mass is 127. The molecule has 3 aromatic heterocycles. The zero-order valence-electron chi connectivity index (χ0n) is 70.5. The molecule has 12 aromatic rings. The van der Waals surface area contributed by atoms with Gasteiger partial charge in [0, 0.05) is 92.1 Å². The fraction of sp³-hybridized carbons (Fsp3) is 0.198. The number of hydrogen-bond donors (Lipinski definition) is 9. The molecule has 0 aliphatic carbocycles. The van der Waals surface area contributed by atoms with E-state index in [9.17, 15) is 55.2 Å². The number of rotatable bonds is 28. The number of amides is 4. The third kappa shape index (κ3) is 25.1. The number of methoxy groups -OCH3 is 3. The molecule has 0 aliphatic heterocycles. The van der Waals surface area contributed by atoms with Crippen molar-refractivity contribution in [3.63, 3.8) is 0 Å². The molecule has 9 aromatic carbocycles. The van der Waals surface area contributed by atoms with Gasteiger partial charge in [0.15, 0.2) is 0 Å². The summed E-state index contributed by atoms with van der Waals surface area (Å²) in [6, 6.07) is 53.5. The van der Waals surface area contributed by atoms with Crippen LogP contribution in [0.4, 0.5) is 69.5 Å². The first-order valence-corrected chi connectivity index (χ1v) is 43.4. The normalized spacial score (nSPS) is 10.9. The first-order chi connectivity index (χ1) is 59.8. The molecule has 35 heteroatoms. The highest BCUT2D eigenvalue weighted by Crippen LogP contribution is 2.40. The van der Waals surface area contributed by atoms with Gasteiger partial charge in [-0.3, -0.25) is 52.5 Å². The number of sulfonamides is 1. The Kier molecular flexibility index (Phi) is 32.4. The SMILES string of the molecule is CCS(=O)(=O)Nc1cccc(Oc2cc(=O)n(C)c(Nc3ccc(I)cc3F)c2C(=O)NCc2ccc(OC)cc2)c1C.COc1ccc(CNC(=O)c2c(Oc3cccc(N)c3C)cc(=O)n(C)c2Nc2ccc(I)cc2F)cc1.COc1ccc(CNC(=O)c2c(Oc3cccc(NC(=O)OC(C)(C)C)c3C)cc(=O)n(C)c2Nc2ccc(I)cc2F)cc1. The van der Waals surface area contributed by atoms with Crippen LogP contribution in [0.2, 0.25) is 0 Å². The summed E-state index contributed by atoms with van der Waals surface area (Å²) in [6.07, 6.45) is -0.652. The summed E-state index contributed by atoms with van der Waals surface area (Å²) >= 11 is 5.97. The lowest BCUT2D eigenvalue weighted by molar-refractivity contribution is 0.0634. The van der Waals surface area contributed by atoms with Gasteiger partial charge in [-0.25, -0.2) is 26.4 Å². The van der Waals surface area contributed by atoms with Crippen molar-refractivity contribution < 1.29 is 73.9 Å². The predicted molar refractivity (Wildman–Crippen MR) is 506 cm³/mol. The van der Waals surface area contributed by atoms with Crippen LogP contribution in [0.15, 0.2) is 215 Å². The molecule has 658 valence electrons. The van der Waals surface area contributed by atoms with Crippen LogP contribution in [0.25, 0.3) is 0 Å². The van der Waals surface area contributed by atoms with E-state index >= 15 is 0 Å². The van der Waals surface area contributed by atoms with Crippen LogP contribution in [-0.2, 0) is 55.5 Å². The number of anilines is 9. The van der Waals surface area contributed by atoms with Crippen molar-refractivity contribution >= 4 is 153 Å². The van der Waals surface area contributed by atoms with Gasteiger partial charge in [0.2, 0.25) is 10.0 Å². The summed E-state index contributed by atoms with van der Waals surface area (Å²) in [5, 5.41) is 20.0. The maximum absolute atomic E-state index is 14.9. The standard InChI is InChI=1S/C33H34FIN4O6.C30H30FIN4O6S.C28H26FIN4O4/c1-19-24(38-32(42)45-33(2,3)4)8-7-9-26(19)44-27-17-28(40)39(5)30(37-25-15-12-21(35)16-23(25)34)29(27)31(41)36-18-20-10-13-22(43-6)14-11-20;1-5-43(39,40)35-23-7-6-8-25(18(23)2)42-26-16-27(37)36(3)29(34-24-14-11-20(32)15-22(24)31)28(26)30(38)33-17-19-9-12-21(41-4)13-10-19;1-16-21(31)5-4-6-23(16)38-24-14-25(35)34(2)27(33-22-12-9-18(30)13-20(22)29)26(24)28(36)32-15-17-7-10-19(37-3)11-8-17/h7-17,37H,18H2,1-6H3,(H,36,41)(H,38,42);6-16,34-35H,5,17H2,1-4H3,(H,33,38);4-14,33H,15,31H2,1-3H3,(H,32,36). The number of nitrogens with one attached hydrogen (secondary N) is 8. The quantitative estimate of drug-likeness (QED) is 0.0162. The molecule has 0 saturated heterocycles. The molecule has 4 amide bonds. The van der Waals surface area contributed by atoms with Crippen molar-refractivity contribution in [2.45, 2.75) is 73.7 Å². The summed E-state index contributed by atoms with van der Waals surface area (Å²) in [7, 11) is 5.52. The number of halogens is 6. The van der Waals surface area contributed by atoms with Crippen molar-refractivity contribution in [1.82, 2.24) is 29.7 Å².